The maximum Gasteiger partial charge on any atom is 0.0615 e. The average molecular weight is 216 g/mol. The van der Waals surface area contributed by atoms with Gasteiger partial charge in [-0.1, -0.05) is 20.8 Å². The van der Waals surface area contributed by atoms with Crippen LogP contribution < -0.4 is 5.32 Å². The second-order valence-electron chi connectivity index (χ2n) is 4.53. The van der Waals surface area contributed by atoms with Crippen molar-refractivity contribution >= 4 is 0 Å². The van der Waals surface area contributed by atoms with E-state index in [9.17, 15) is 0 Å². The minimum atomic E-state index is 0.515. The summed E-state index contributed by atoms with van der Waals surface area (Å²) in [5, 5.41) is 3.46. The van der Waals surface area contributed by atoms with E-state index in [0.717, 1.165) is 38.7 Å². The number of nitrogens with zero attached hydrogens (tertiary/aromatic N) is 1. The van der Waals surface area contributed by atoms with Crippen molar-refractivity contribution < 1.29 is 4.74 Å². The van der Waals surface area contributed by atoms with E-state index >= 15 is 0 Å². The Hall–Kier alpha value is -0.120. The maximum absolute atomic E-state index is 5.17. The van der Waals surface area contributed by atoms with E-state index < -0.39 is 0 Å². The normalized spacial score (nSPS) is 13.8. The first-order valence-electron chi connectivity index (χ1n) is 6.05. The molecule has 0 bridgehead atoms. The summed E-state index contributed by atoms with van der Waals surface area (Å²) in [4.78, 5) is 2.44. The summed E-state index contributed by atoms with van der Waals surface area (Å²) < 4.78 is 5.17. The summed E-state index contributed by atoms with van der Waals surface area (Å²) in [6, 6.07) is 0.515. The first kappa shape index (κ1) is 14.9. The zero-order valence-electron chi connectivity index (χ0n) is 11.0. The first-order chi connectivity index (χ1) is 7.11. The van der Waals surface area contributed by atoms with Crippen molar-refractivity contribution in [3.8, 4) is 0 Å². The lowest BCUT2D eigenvalue weighted by molar-refractivity contribution is 0.103. The van der Waals surface area contributed by atoms with Gasteiger partial charge in [0, 0.05) is 26.2 Å². The fourth-order valence-electron chi connectivity index (χ4n) is 1.65. The molecule has 0 saturated carbocycles. The van der Waals surface area contributed by atoms with Gasteiger partial charge in [0.2, 0.25) is 0 Å². The molecule has 1 N–H and O–H groups in total. The van der Waals surface area contributed by atoms with E-state index in [1.54, 1.807) is 7.11 Å². The van der Waals surface area contributed by atoms with Crippen LogP contribution in [0, 0.1) is 5.92 Å². The number of ether oxygens (including phenoxy) is 1. The number of likely N-dealkylation sites (N-methyl/N-ethyl adjacent to an activating group) is 1. The highest BCUT2D eigenvalue weighted by atomic mass is 16.5. The third-order valence-electron chi connectivity index (χ3n) is 2.57. The van der Waals surface area contributed by atoms with E-state index in [4.69, 9.17) is 4.74 Å². The average Bonchev–Trinajstić information content (AvgIpc) is 2.17. The van der Waals surface area contributed by atoms with Crippen molar-refractivity contribution in [1.29, 1.82) is 0 Å². The Morgan fingerprint density at radius 1 is 1.27 bits per heavy atom. The number of methoxy groups -OCH3 is 1. The van der Waals surface area contributed by atoms with Crippen molar-refractivity contribution in [2.75, 3.05) is 39.9 Å². The van der Waals surface area contributed by atoms with Crippen molar-refractivity contribution in [2.45, 2.75) is 33.7 Å². The summed E-state index contributed by atoms with van der Waals surface area (Å²) in [7, 11) is 1.77. The molecular formula is C12H28N2O. The van der Waals surface area contributed by atoms with Crippen LogP contribution in [0.5, 0.6) is 0 Å². The summed E-state index contributed by atoms with van der Waals surface area (Å²) in [5.41, 5.74) is 0. The summed E-state index contributed by atoms with van der Waals surface area (Å²) in [6.45, 7) is 14.1. The second-order valence-corrected chi connectivity index (χ2v) is 4.53. The third-order valence-corrected chi connectivity index (χ3v) is 2.57. The minimum absolute atomic E-state index is 0.515. The minimum Gasteiger partial charge on any atom is -0.383 e. The molecule has 0 radical (unpaired) electrons. The summed E-state index contributed by atoms with van der Waals surface area (Å²) in [6.07, 6.45) is 0. The standard InChI is InChI=1S/C12H28N2O/c1-6-14(12(4)10-15-5)8-7-13-9-11(2)3/h11-13H,6-10H2,1-5H3. The van der Waals surface area contributed by atoms with Gasteiger partial charge in [-0.15, -0.1) is 0 Å². The first-order valence-corrected chi connectivity index (χ1v) is 6.05. The number of nitrogens with one attached hydrogen (secondary N) is 1. The molecule has 1 atom stereocenters. The number of rotatable bonds is 9. The number of hydrogen-bond donors (Lipinski definition) is 1. The number of hydrogen-bond acceptors (Lipinski definition) is 3. The van der Waals surface area contributed by atoms with Gasteiger partial charge in [-0.05, 0) is 25.9 Å². The van der Waals surface area contributed by atoms with Gasteiger partial charge >= 0.3 is 0 Å². The summed E-state index contributed by atoms with van der Waals surface area (Å²) in [5.74, 6) is 0.733. The van der Waals surface area contributed by atoms with Gasteiger partial charge in [0.1, 0.15) is 0 Å². The van der Waals surface area contributed by atoms with Gasteiger partial charge in [0.25, 0.3) is 0 Å². The SMILES string of the molecule is CCN(CCNCC(C)C)C(C)COC. The van der Waals surface area contributed by atoms with Crippen molar-refractivity contribution in [1.82, 2.24) is 10.2 Å². The molecule has 0 aliphatic heterocycles. The molecule has 0 aromatic heterocycles. The monoisotopic (exact) mass is 216 g/mol. The molecule has 0 aromatic rings. The van der Waals surface area contributed by atoms with Crippen LogP contribution in [0.25, 0.3) is 0 Å². The lowest BCUT2D eigenvalue weighted by Gasteiger charge is -2.27. The summed E-state index contributed by atoms with van der Waals surface area (Å²) >= 11 is 0. The Kier molecular flexibility index (Phi) is 9.06. The quantitative estimate of drug-likeness (QED) is 0.592. The second kappa shape index (κ2) is 9.13. The van der Waals surface area contributed by atoms with Gasteiger partial charge in [-0.2, -0.15) is 0 Å². The maximum atomic E-state index is 5.17. The molecule has 0 saturated heterocycles. The Labute approximate surface area is 95.2 Å². The van der Waals surface area contributed by atoms with Gasteiger partial charge < -0.3 is 10.1 Å². The van der Waals surface area contributed by atoms with Crippen LogP contribution in [0.4, 0.5) is 0 Å². The van der Waals surface area contributed by atoms with Crippen molar-refractivity contribution in [2.24, 2.45) is 5.92 Å². The topological polar surface area (TPSA) is 24.5 Å². The molecule has 3 heteroatoms. The molecule has 0 aliphatic carbocycles. The van der Waals surface area contributed by atoms with E-state index in [1.807, 2.05) is 0 Å². The molecular weight excluding hydrogens is 188 g/mol. The largest absolute Gasteiger partial charge is 0.383 e. The lowest BCUT2D eigenvalue weighted by atomic mass is 10.2. The molecule has 0 heterocycles. The van der Waals surface area contributed by atoms with Crippen LogP contribution in [0.3, 0.4) is 0 Å². The Morgan fingerprint density at radius 3 is 2.40 bits per heavy atom. The van der Waals surface area contributed by atoms with Crippen LogP contribution in [0.2, 0.25) is 0 Å². The molecule has 1 unspecified atom stereocenters. The molecule has 0 fully saturated rings. The Balaban J connectivity index is 3.60. The van der Waals surface area contributed by atoms with Crippen LogP contribution in [-0.4, -0.2) is 50.8 Å². The fourth-order valence-corrected chi connectivity index (χ4v) is 1.65. The van der Waals surface area contributed by atoms with Gasteiger partial charge in [-0.25, -0.2) is 0 Å². The van der Waals surface area contributed by atoms with Gasteiger partial charge in [0.05, 0.1) is 6.61 Å². The Bertz CT molecular complexity index is 140. The van der Waals surface area contributed by atoms with Gasteiger partial charge in [0.15, 0.2) is 0 Å². The molecule has 15 heavy (non-hydrogen) atoms. The predicted octanol–water partition coefficient (Wildman–Crippen LogP) is 1.59. The zero-order valence-corrected chi connectivity index (χ0v) is 11.0. The molecule has 0 spiro atoms. The van der Waals surface area contributed by atoms with Gasteiger partial charge in [-0.3, -0.25) is 4.90 Å². The third kappa shape index (κ3) is 7.77. The van der Waals surface area contributed by atoms with Crippen LogP contribution in [0.15, 0.2) is 0 Å². The smallest absolute Gasteiger partial charge is 0.0615 e. The van der Waals surface area contributed by atoms with Crippen LogP contribution >= 0.6 is 0 Å². The highest BCUT2D eigenvalue weighted by Crippen LogP contribution is 1.98. The molecule has 0 amide bonds. The molecule has 3 nitrogen and oxygen atoms in total. The van der Waals surface area contributed by atoms with E-state index in [0.29, 0.717) is 6.04 Å². The molecule has 0 aliphatic rings. The molecule has 0 aromatic carbocycles. The highest BCUT2D eigenvalue weighted by molar-refractivity contribution is 4.66. The van der Waals surface area contributed by atoms with Crippen LogP contribution in [-0.2, 0) is 4.74 Å². The lowest BCUT2D eigenvalue weighted by Crippen LogP contribution is -2.40. The zero-order chi connectivity index (χ0) is 11.7. The van der Waals surface area contributed by atoms with E-state index in [-0.39, 0.29) is 0 Å². The van der Waals surface area contributed by atoms with Crippen molar-refractivity contribution in [3.63, 3.8) is 0 Å². The Morgan fingerprint density at radius 2 is 1.93 bits per heavy atom. The van der Waals surface area contributed by atoms with Crippen LogP contribution in [0.1, 0.15) is 27.7 Å². The molecule has 92 valence electrons. The van der Waals surface area contributed by atoms with E-state index in [2.05, 4.69) is 37.9 Å². The predicted molar refractivity (Wildman–Crippen MR) is 66.3 cm³/mol. The molecule has 0 rings (SSSR count). The van der Waals surface area contributed by atoms with Crippen molar-refractivity contribution in [3.05, 3.63) is 0 Å². The van der Waals surface area contributed by atoms with E-state index in [1.165, 1.54) is 0 Å². The fraction of sp³-hybridized carbons (Fsp3) is 1.00. The highest BCUT2D eigenvalue weighted by Gasteiger charge is 2.10.